The molecular weight excluding hydrogens is 426 g/mol. The van der Waals surface area contributed by atoms with Gasteiger partial charge in [0, 0.05) is 31.7 Å². The molecule has 3 aromatic rings. The van der Waals surface area contributed by atoms with Gasteiger partial charge in [-0.25, -0.2) is 4.79 Å². The molecule has 28 heavy (non-hydrogen) atoms. The topological polar surface area (TPSA) is 83.1 Å². The van der Waals surface area contributed by atoms with Crippen LogP contribution in [-0.2, 0) is 25.4 Å². The lowest BCUT2D eigenvalue weighted by molar-refractivity contribution is 0.120. The van der Waals surface area contributed by atoms with Crippen molar-refractivity contribution < 1.29 is 4.74 Å². The number of aryl methyl sites for hydroxylation is 1. The van der Waals surface area contributed by atoms with Gasteiger partial charge in [-0.2, -0.15) is 4.98 Å². The Kier molecular flexibility index (Phi) is 5.11. The minimum absolute atomic E-state index is 0.132. The maximum Gasteiger partial charge on any atom is 0.332 e. The molecule has 0 amide bonds. The molecule has 4 rings (SSSR count). The van der Waals surface area contributed by atoms with Gasteiger partial charge < -0.3 is 10.1 Å². The summed E-state index contributed by atoms with van der Waals surface area (Å²) in [6.07, 6.45) is 2.18. The van der Waals surface area contributed by atoms with Crippen LogP contribution in [0.5, 0.6) is 0 Å². The molecule has 9 heteroatoms. The number of imidazole rings is 1. The average Bonchev–Trinajstić information content (AvgIpc) is 3.33. The van der Waals surface area contributed by atoms with Gasteiger partial charge in [-0.15, -0.1) is 0 Å². The van der Waals surface area contributed by atoms with Gasteiger partial charge in [-0.05, 0) is 30.5 Å². The van der Waals surface area contributed by atoms with E-state index < -0.39 is 5.69 Å². The van der Waals surface area contributed by atoms with Crippen molar-refractivity contribution in [1.82, 2.24) is 18.7 Å². The summed E-state index contributed by atoms with van der Waals surface area (Å²) in [5.74, 6) is 0.562. The highest BCUT2D eigenvalue weighted by atomic mass is 79.9. The molecule has 1 fully saturated rings. The van der Waals surface area contributed by atoms with E-state index in [0.717, 1.165) is 34.1 Å². The molecule has 0 radical (unpaired) electrons. The van der Waals surface area contributed by atoms with Crippen molar-refractivity contribution in [2.24, 2.45) is 14.1 Å². The summed E-state index contributed by atoms with van der Waals surface area (Å²) < 4.78 is 11.0. The molecule has 1 aliphatic heterocycles. The lowest BCUT2D eigenvalue weighted by atomic mass is 10.2. The summed E-state index contributed by atoms with van der Waals surface area (Å²) in [4.78, 5) is 29.8. The maximum atomic E-state index is 12.9. The highest BCUT2D eigenvalue weighted by Crippen LogP contribution is 2.20. The first-order valence-corrected chi connectivity index (χ1v) is 10.0. The second-order valence-electron chi connectivity index (χ2n) is 7.04. The SMILES string of the molecule is Cn1c(=O)c2c(nc(NCC3CCCO3)n2Cc2ccc(Br)cc2)n(C)c1=O. The summed E-state index contributed by atoms with van der Waals surface area (Å²) in [7, 11) is 3.12. The highest BCUT2D eigenvalue weighted by molar-refractivity contribution is 9.10. The van der Waals surface area contributed by atoms with Crippen LogP contribution in [0.4, 0.5) is 5.95 Å². The summed E-state index contributed by atoms with van der Waals surface area (Å²) in [5.41, 5.74) is 1.06. The normalized spacial score (nSPS) is 16.8. The van der Waals surface area contributed by atoms with Crippen molar-refractivity contribution >= 4 is 33.0 Å². The molecule has 1 aliphatic rings. The van der Waals surface area contributed by atoms with Crippen molar-refractivity contribution in [1.29, 1.82) is 0 Å². The lowest BCUT2D eigenvalue weighted by Gasteiger charge is -2.14. The summed E-state index contributed by atoms with van der Waals surface area (Å²) in [6.45, 7) is 1.85. The number of benzene rings is 1. The number of nitrogens with zero attached hydrogens (tertiary/aromatic N) is 4. The van der Waals surface area contributed by atoms with E-state index in [1.54, 1.807) is 7.05 Å². The zero-order valence-electron chi connectivity index (χ0n) is 15.8. The van der Waals surface area contributed by atoms with E-state index in [0.29, 0.717) is 30.2 Å². The second-order valence-corrected chi connectivity index (χ2v) is 7.96. The minimum atomic E-state index is -0.392. The fraction of sp³-hybridized carbons (Fsp3) is 0.421. The Morgan fingerprint density at radius 1 is 1.21 bits per heavy atom. The van der Waals surface area contributed by atoms with Crippen molar-refractivity contribution in [2.45, 2.75) is 25.5 Å². The van der Waals surface area contributed by atoms with E-state index in [4.69, 9.17) is 4.74 Å². The van der Waals surface area contributed by atoms with Gasteiger partial charge in [0.15, 0.2) is 11.2 Å². The van der Waals surface area contributed by atoms with Crippen LogP contribution in [0.15, 0.2) is 38.3 Å². The molecule has 1 saturated heterocycles. The molecule has 1 N–H and O–H groups in total. The molecule has 0 bridgehead atoms. The number of nitrogens with one attached hydrogen (secondary N) is 1. The Morgan fingerprint density at radius 2 is 1.96 bits per heavy atom. The number of fused-ring (bicyclic) bond motifs is 1. The molecule has 0 saturated carbocycles. The van der Waals surface area contributed by atoms with Crippen molar-refractivity contribution in [3.8, 4) is 0 Å². The minimum Gasteiger partial charge on any atom is -0.376 e. The Balaban J connectivity index is 1.82. The third kappa shape index (κ3) is 3.40. The van der Waals surface area contributed by atoms with Gasteiger partial charge in [0.25, 0.3) is 5.56 Å². The maximum absolute atomic E-state index is 12.9. The van der Waals surface area contributed by atoms with Gasteiger partial charge in [0.2, 0.25) is 5.95 Å². The molecule has 1 atom stereocenters. The zero-order valence-corrected chi connectivity index (χ0v) is 17.4. The van der Waals surface area contributed by atoms with E-state index in [1.165, 1.54) is 11.6 Å². The number of halogens is 1. The monoisotopic (exact) mass is 447 g/mol. The molecule has 8 nitrogen and oxygen atoms in total. The predicted octanol–water partition coefficient (Wildman–Crippen LogP) is 1.84. The predicted molar refractivity (Wildman–Crippen MR) is 111 cm³/mol. The van der Waals surface area contributed by atoms with Gasteiger partial charge >= 0.3 is 5.69 Å². The number of ether oxygens (including phenoxy) is 1. The first-order chi connectivity index (χ1) is 13.5. The molecule has 1 aromatic carbocycles. The molecule has 2 aromatic heterocycles. The van der Waals surface area contributed by atoms with Gasteiger partial charge in [-0.1, -0.05) is 28.1 Å². The first kappa shape index (κ1) is 18.9. The fourth-order valence-electron chi connectivity index (χ4n) is 3.52. The number of aromatic nitrogens is 4. The van der Waals surface area contributed by atoms with Gasteiger partial charge in [0.1, 0.15) is 0 Å². The smallest absolute Gasteiger partial charge is 0.332 e. The van der Waals surface area contributed by atoms with Crippen LogP contribution in [0.2, 0.25) is 0 Å². The van der Waals surface area contributed by atoms with Gasteiger partial charge in [0.05, 0.1) is 12.6 Å². The van der Waals surface area contributed by atoms with Crippen LogP contribution in [-0.4, -0.2) is 37.9 Å². The highest BCUT2D eigenvalue weighted by Gasteiger charge is 2.21. The van der Waals surface area contributed by atoms with E-state index >= 15 is 0 Å². The first-order valence-electron chi connectivity index (χ1n) is 9.22. The Hall–Kier alpha value is -2.39. The molecule has 148 valence electrons. The summed E-state index contributed by atoms with van der Waals surface area (Å²) in [5, 5.41) is 3.32. The molecule has 1 unspecified atom stereocenters. The number of hydrogen-bond acceptors (Lipinski definition) is 5. The second kappa shape index (κ2) is 7.56. The van der Waals surface area contributed by atoms with Gasteiger partial charge in [-0.3, -0.25) is 18.5 Å². The molecular formula is C19H22BrN5O3. The molecule has 0 aliphatic carbocycles. The lowest BCUT2D eigenvalue weighted by Crippen LogP contribution is -2.37. The standard InChI is InChI=1S/C19H22BrN5O3/c1-23-16-15(17(26)24(2)19(23)27)25(11-12-5-7-13(20)8-6-12)18(22-16)21-10-14-4-3-9-28-14/h5-8,14H,3-4,9-11H2,1-2H3,(H,21,22). The summed E-state index contributed by atoms with van der Waals surface area (Å²) in [6, 6.07) is 7.90. The molecule has 0 spiro atoms. The van der Waals surface area contributed by atoms with Crippen LogP contribution in [0.1, 0.15) is 18.4 Å². The Morgan fingerprint density at radius 3 is 2.64 bits per heavy atom. The van der Waals surface area contributed by atoms with E-state index in [-0.39, 0.29) is 11.7 Å². The largest absolute Gasteiger partial charge is 0.376 e. The van der Waals surface area contributed by atoms with E-state index in [2.05, 4.69) is 26.2 Å². The Bertz CT molecular complexity index is 1120. The third-order valence-corrected chi connectivity index (χ3v) is 5.64. The van der Waals surface area contributed by atoms with Crippen LogP contribution >= 0.6 is 15.9 Å². The van der Waals surface area contributed by atoms with Crippen LogP contribution in [0.25, 0.3) is 11.2 Å². The number of rotatable bonds is 5. The van der Waals surface area contributed by atoms with Crippen molar-refractivity contribution in [2.75, 3.05) is 18.5 Å². The van der Waals surface area contributed by atoms with Crippen molar-refractivity contribution in [3.63, 3.8) is 0 Å². The number of hydrogen-bond donors (Lipinski definition) is 1. The molecule has 3 heterocycles. The summed E-state index contributed by atoms with van der Waals surface area (Å²) >= 11 is 3.44. The van der Waals surface area contributed by atoms with Crippen LogP contribution in [0.3, 0.4) is 0 Å². The van der Waals surface area contributed by atoms with E-state index in [1.807, 2.05) is 28.8 Å². The van der Waals surface area contributed by atoms with Crippen LogP contribution in [0, 0.1) is 0 Å². The zero-order chi connectivity index (χ0) is 19.8. The van der Waals surface area contributed by atoms with Crippen LogP contribution < -0.4 is 16.6 Å². The third-order valence-electron chi connectivity index (χ3n) is 5.11. The van der Waals surface area contributed by atoms with Crippen molar-refractivity contribution in [3.05, 3.63) is 55.1 Å². The Labute approximate surface area is 169 Å². The fourth-order valence-corrected chi connectivity index (χ4v) is 3.78. The van der Waals surface area contributed by atoms with E-state index in [9.17, 15) is 9.59 Å². The quantitative estimate of drug-likeness (QED) is 0.644. The number of anilines is 1. The average molecular weight is 448 g/mol.